The van der Waals surface area contributed by atoms with Gasteiger partial charge in [0.15, 0.2) is 10.7 Å². The molecule has 10 heteroatoms. The SMILES string of the molecule is Cn1nc(C(F)(F)F)cc1S(=O)(=O)N1CC2(CNC2)C1. The molecule has 112 valence electrons. The third-order valence-electron chi connectivity index (χ3n) is 3.76. The van der Waals surface area contributed by atoms with Crippen LogP contribution in [0, 0.1) is 5.41 Å². The van der Waals surface area contributed by atoms with Gasteiger partial charge in [-0.1, -0.05) is 0 Å². The van der Waals surface area contributed by atoms with Crippen molar-refractivity contribution in [2.24, 2.45) is 12.5 Å². The molecule has 0 aromatic carbocycles. The molecular formula is C10H13F3N4O2S. The highest BCUT2D eigenvalue weighted by Crippen LogP contribution is 2.38. The molecule has 1 spiro atoms. The lowest BCUT2D eigenvalue weighted by molar-refractivity contribution is -0.141. The Labute approximate surface area is 113 Å². The van der Waals surface area contributed by atoms with E-state index in [1.165, 1.54) is 11.4 Å². The highest BCUT2D eigenvalue weighted by molar-refractivity contribution is 7.89. The number of sulfonamides is 1. The Morgan fingerprint density at radius 3 is 2.35 bits per heavy atom. The summed E-state index contributed by atoms with van der Waals surface area (Å²) in [6, 6.07) is 0.583. The van der Waals surface area contributed by atoms with E-state index in [2.05, 4.69) is 10.4 Å². The quantitative estimate of drug-likeness (QED) is 0.837. The van der Waals surface area contributed by atoms with E-state index >= 15 is 0 Å². The Balaban J connectivity index is 1.87. The van der Waals surface area contributed by atoms with Crippen LogP contribution < -0.4 is 5.32 Å². The maximum Gasteiger partial charge on any atom is 0.435 e. The fraction of sp³-hybridized carbons (Fsp3) is 0.700. The molecule has 0 bridgehead atoms. The second kappa shape index (κ2) is 3.95. The Morgan fingerprint density at radius 2 is 1.95 bits per heavy atom. The topological polar surface area (TPSA) is 67.2 Å². The van der Waals surface area contributed by atoms with Gasteiger partial charge >= 0.3 is 6.18 Å². The Bertz CT molecular complexity index is 640. The number of hydrogen-bond donors (Lipinski definition) is 1. The highest BCUT2D eigenvalue weighted by Gasteiger charge is 2.52. The van der Waals surface area contributed by atoms with E-state index in [-0.39, 0.29) is 5.41 Å². The van der Waals surface area contributed by atoms with Crippen molar-refractivity contribution < 1.29 is 21.6 Å². The first-order valence-electron chi connectivity index (χ1n) is 5.96. The maximum atomic E-state index is 12.6. The number of nitrogens with one attached hydrogen (secondary N) is 1. The fourth-order valence-corrected chi connectivity index (χ4v) is 4.32. The molecule has 2 aliphatic heterocycles. The summed E-state index contributed by atoms with van der Waals surface area (Å²) in [6.45, 7) is 2.18. The normalized spacial score (nSPS) is 22.6. The summed E-state index contributed by atoms with van der Waals surface area (Å²) < 4.78 is 64.2. The van der Waals surface area contributed by atoms with Crippen LogP contribution in [0.3, 0.4) is 0 Å². The van der Waals surface area contributed by atoms with Gasteiger partial charge < -0.3 is 5.32 Å². The van der Waals surface area contributed by atoms with Crippen LogP contribution >= 0.6 is 0 Å². The van der Waals surface area contributed by atoms with Gasteiger partial charge in [-0.15, -0.1) is 0 Å². The van der Waals surface area contributed by atoms with Gasteiger partial charge in [0.2, 0.25) is 0 Å². The second-order valence-corrected chi connectivity index (χ2v) is 7.25. The molecule has 1 aromatic heterocycles. The van der Waals surface area contributed by atoms with E-state index in [1.807, 2.05) is 0 Å². The van der Waals surface area contributed by atoms with Gasteiger partial charge in [0.25, 0.3) is 10.0 Å². The molecular weight excluding hydrogens is 297 g/mol. The number of aryl methyl sites for hydroxylation is 1. The van der Waals surface area contributed by atoms with Crippen LogP contribution in [0.25, 0.3) is 0 Å². The van der Waals surface area contributed by atoms with Gasteiger partial charge in [0, 0.05) is 44.7 Å². The van der Waals surface area contributed by atoms with E-state index < -0.39 is 26.9 Å². The molecule has 0 saturated carbocycles. The predicted molar refractivity (Wildman–Crippen MR) is 62.3 cm³/mol. The van der Waals surface area contributed by atoms with Gasteiger partial charge in [-0.05, 0) is 0 Å². The molecule has 0 unspecified atom stereocenters. The molecule has 20 heavy (non-hydrogen) atoms. The predicted octanol–water partition coefficient (Wildman–Crippen LogP) is 0.0328. The summed E-state index contributed by atoms with van der Waals surface area (Å²) in [5, 5.41) is 5.87. The van der Waals surface area contributed by atoms with Gasteiger partial charge in [-0.2, -0.15) is 22.6 Å². The molecule has 2 aliphatic rings. The Kier molecular flexibility index (Phi) is 2.73. The number of aromatic nitrogens is 2. The molecule has 1 aromatic rings. The second-order valence-electron chi connectivity index (χ2n) is 5.37. The zero-order chi connectivity index (χ0) is 14.8. The number of rotatable bonds is 2. The Morgan fingerprint density at radius 1 is 1.35 bits per heavy atom. The van der Waals surface area contributed by atoms with Gasteiger partial charge in [-0.25, -0.2) is 8.42 Å². The molecule has 3 heterocycles. The number of alkyl halides is 3. The van der Waals surface area contributed by atoms with E-state index in [0.29, 0.717) is 19.2 Å². The van der Waals surface area contributed by atoms with Crippen LogP contribution in [0.1, 0.15) is 5.69 Å². The average Bonchev–Trinajstić information content (AvgIpc) is 2.55. The van der Waals surface area contributed by atoms with Gasteiger partial charge in [0.05, 0.1) is 0 Å². The Hall–Kier alpha value is -1.13. The van der Waals surface area contributed by atoms with Crippen LogP contribution in [-0.4, -0.2) is 48.7 Å². The molecule has 1 N–H and O–H groups in total. The van der Waals surface area contributed by atoms with Crippen molar-refractivity contribution in [3.05, 3.63) is 11.8 Å². The van der Waals surface area contributed by atoms with Gasteiger partial charge in [0.1, 0.15) is 0 Å². The van der Waals surface area contributed by atoms with Crippen molar-refractivity contribution in [3.8, 4) is 0 Å². The van der Waals surface area contributed by atoms with Crippen LogP contribution in [-0.2, 0) is 23.2 Å². The summed E-state index contributed by atoms with van der Waals surface area (Å²) in [4.78, 5) is 0. The summed E-state index contributed by atoms with van der Waals surface area (Å²) in [6.07, 6.45) is -4.65. The van der Waals surface area contributed by atoms with Crippen molar-refractivity contribution in [2.75, 3.05) is 26.2 Å². The van der Waals surface area contributed by atoms with Crippen LogP contribution in [0.4, 0.5) is 13.2 Å². The summed E-state index contributed by atoms with van der Waals surface area (Å²) in [5.74, 6) is 0. The monoisotopic (exact) mass is 310 g/mol. The van der Waals surface area contributed by atoms with Crippen molar-refractivity contribution in [1.82, 2.24) is 19.4 Å². The lowest BCUT2D eigenvalue weighted by Crippen LogP contribution is -2.71. The third-order valence-corrected chi connectivity index (χ3v) is 5.60. The van der Waals surface area contributed by atoms with Crippen molar-refractivity contribution >= 4 is 10.0 Å². The first-order chi connectivity index (χ1) is 9.14. The fourth-order valence-electron chi connectivity index (χ4n) is 2.54. The van der Waals surface area contributed by atoms with Crippen molar-refractivity contribution in [3.63, 3.8) is 0 Å². The van der Waals surface area contributed by atoms with Crippen molar-refractivity contribution in [2.45, 2.75) is 11.2 Å². The summed E-state index contributed by atoms with van der Waals surface area (Å²) in [5.41, 5.74) is -1.22. The lowest BCUT2D eigenvalue weighted by atomic mass is 9.76. The first-order valence-corrected chi connectivity index (χ1v) is 7.40. The van der Waals surface area contributed by atoms with Crippen LogP contribution in [0.15, 0.2) is 11.1 Å². The molecule has 2 fully saturated rings. The molecule has 0 aliphatic carbocycles. The molecule has 0 atom stereocenters. The molecule has 0 amide bonds. The van der Waals surface area contributed by atoms with Crippen molar-refractivity contribution in [1.29, 1.82) is 0 Å². The van der Waals surface area contributed by atoms with Crippen LogP contribution in [0.2, 0.25) is 0 Å². The molecule has 0 radical (unpaired) electrons. The van der Waals surface area contributed by atoms with Gasteiger partial charge in [-0.3, -0.25) is 4.68 Å². The third kappa shape index (κ3) is 1.93. The lowest BCUT2D eigenvalue weighted by Gasteiger charge is -2.54. The summed E-state index contributed by atoms with van der Waals surface area (Å²) in [7, 11) is -2.72. The number of hydrogen-bond acceptors (Lipinski definition) is 4. The minimum absolute atomic E-state index is 0.0292. The number of halogens is 3. The minimum Gasteiger partial charge on any atom is -0.315 e. The van der Waals surface area contributed by atoms with Crippen LogP contribution in [0.5, 0.6) is 0 Å². The van der Waals surface area contributed by atoms with E-state index in [9.17, 15) is 21.6 Å². The minimum atomic E-state index is -4.65. The molecule has 3 rings (SSSR count). The number of nitrogens with zero attached hydrogens (tertiary/aromatic N) is 3. The zero-order valence-corrected chi connectivity index (χ0v) is 11.4. The zero-order valence-electron chi connectivity index (χ0n) is 10.6. The standard InChI is InChI=1S/C10H13F3N4O2S/c1-16-8(2-7(15-16)10(11,12)13)20(18,19)17-5-9(6-17)3-14-4-9/h2,14H,3-6H2,1H3. The summed E-state index contributed by atoms with van der Waals surface area (Å²) >= 11 is 0. The molecule has 2 saturated heterocycles. The maximum absolute atomic E-state index is 12.6. The average molecular weight is 310 g/mol. The van der Waals surface area contributed by atoms with E-state index in [1.54, 1.807) is 0 Å². The smallest absolute Gasteiger partial charge is 0.315 e. The van der Waals surface area contributed by atoms with E-state index in [4.69, 9.17) is 0 Å². The highest BCUT2D eigenvalue weighted by atomic mass is 32.2. The van der Waals surface area contributed by atoms with E-state index in [0.717, 1.165) is 17.8 Å². The largest absolute Gasteiger partial charge is 0.435 e. The first kappa shape index (κ1) is 13.8. The molecule has 6 nitrogen and oxygen atoms in total.